The molecule has 2 N–H and O–H groups in total. The summed E-state index contributed by atoms with van der Waals surface area (Å²) in [5.41, 5.74) is 7.25. The van der Waals surface area contributed by atoms with Gasteiger partial charge in [0.15, 0.2) is 5.43 Å². The van der Waals surface area contributed by atoms with E-state index in [-0.39, 0.29) is 5.43 Å². The Morgan fingerprint density at radius 3 is 2.58 bits per heavy atom. The number of aromatic nitrogens is 1. The van der Waals surface area contributed by atoms with Crippen LogP contribution in [0.1, 0.15) is 15.9 Å². The van der Waals surface area contributed by atoms with Crippen molar-refractivity contribution in [2.24, 2.45) is 0 Å². The van der Waals surface area contributed by atoms with Crippen molar-refractivity contribution >= 4 is 11.7 Å². The van der Waals surface area contributed by atoms with Gasteiger partial charge in [0.05, 0.1) is 12.7 Å². The smallest absolute Gasteiger partial charge is 0.340 e. The van der Waals surface area contributed by atoms with Crippen LogP contribution in [-0.4, -0.2) is 17.6 Å². The van der Waals surface area contributed by atoms with Crippen molar-refractivity contribution in [2.75, 3.05) is 12.8 Å². The summed E-state index contributed by atoms with van der Waals surface area (Å²) in [4.78, 5) is 22.8. The lowest BCUT2D eigenvalue weighted by Gasteiger charge is -2.12. The average molecular weight is 258 g/mol. The third kappa shape index (κ3) is 2.82. The highest BCUT2D eigenvalue weighted by Crippen LogP contribution is 2.19. The molecule has 0 amide bonds. The van der Waals surface area contributed by atoms with Crippen molar-refractivity contribution in [1.29, 1.82) is 0 Å². The number of carbonyl (C=O) groups is 1. The number of methoxy groups -OCH3 is 1. The van der Waals surface area contributed by atoms with Crippen molar-refractivity contribution in [3.63, 3.8) is 0 Å². The van der Waals surface area contributed by atoms with Gasteiger partial charge in [-0.2, -0.15) is 0 Å². The first kappa shape index (κ1) is 12.9. The number of carbonyl (C=O) groups excluding carboxylic acids is 1. The van der Waals surface area contributed by atoms with E-state index in [0.717, 1.165) is 5.56 Å². The molecule has 0 aliphatic heterocycles. The number of benzene rings is 1. The second kappa shape index (κ2) is 5.39. The van der Waals surface area contributed by atoms with Crippen LogP contribution in [0.2, 0.25) is 0 Å². The van der Waals surface area contributed by atoms with Crippen molar-refractivity contribution < 1.29 is 9.53 Å². The summed E-state index contributed by atoms with van der Waals surface area (Å²) in [6.07, 6.45) is 3.32. The molecule has 5 nitrogen and oxygen atoms in total. The fraction of sp³-hybridized carbons (Fsp3) is 0.143. The number of nitrogen functional groups attached to an aromatic ring is 1. The number of esters is 1. The Labute approximate surface area is 110 Å². The van der Waals surface area contributed by atoms with Gasteiger partial charge < -0.3 is 15.0 Å². The van der Waals surface area contributed by atoms with Crippen LogP contribution < -0.4 is 11.2 Å². The zero-order valence-corrected chi connectivity index (χ0v) is 10.5. The quantitative estimate of drug-likeness (QED) is 0.664. The molecule has 0 aliphatic rings. The molecule has 0 atom stereocenters. The Kier molecular flexibility index (Phi) is 3.66. The van der Waals surface area contributed by atoms with E-state index in [1.54, 1.807) is 35.2 Å². The minimum absolute atomic E-state index is 0.0583. The van der Waals surface area contributed by atoms with Crippen molar-refractivity contribution in [2.45, 2.75) is 6.54 Å². The molecule has 2 rings (SSSR count). The topological polar surface area (TPSA) is 74.3 Å². The Morgan fingerprint density at radius 2 is 1.95 bits per heavy atom. The van der Waals surface area contributed by atoms with Gasteiger partial charge in [-0.1, -0.05) is 12.1 Å². The van der Waals surface area contributed by atoms with Gasteiger partial charge in [0, 0.05) is 36.8 Å². The molecule has 0 saturated carbocycles. The third-order valence-corrected chi connectivity index (χ3v) is 2.79. The zero-order chi connectivity index (χ0) is 13.8. The number of hydrogen-bond donors (Lipinski definition) is 1. The molecule has 2 aromatic rings. The summed E-state index contributed by atoms with van der Waals surface area (Å²) in [6, 6.07) is 8.16. The van der Waals surface area contributed by atoms with E-state index in [0.29, 0.717) is 17.8 Å². The number of anilines is 1. The van der Waals surface area contributed by atoms with Crippen molar-refractivity contribution in [3.05, 3.63) is 64.1 Å². The Hall–Kier alpha value is -2.56. The lowest BCUT2D eigenvalue weighted by atomic mass is 10.1. The van der Waals surface area contributed by atoms with Gasteiger partial charge in [-0.05, 0) is 11.6 Å². The molecular formula is C14H14N2O3. The maximum atomic E-state index is 11.7. The minimum atomic E-state index is -0.464. The molecule has 98 valence electrons. The number of ether oxygens (including phenoxy) is 1. The predicted molar refractivity (Wildman–Crippen MR) is 72.0 cm³/mol. The SMILES string of the molecule is COC(=O)c1c(N)cccc1Cn1ccc(=O)cc1. The molecule has 0 aliphatic carbocycles. The lowest BCUT2D eigenvalue weighted by Crippen LogP contribution is -2.12. The van der Waals surface area contributed by atoms with Crippen molar-refractivity contribution in [3.8, 4) is 0 Å². The molecule has 0 unspecified atom stereocenters. The lowest BCUT2D eigenvalue weighted by molar-refractivity contribution is 0.0600. The van der Waals surface area contributed by atoms with E-state index in [9.17, 15) is 9.59 Å². The molecule has 19 heavy (non-hydrogen) atoms. The average Bonchev–Trinajstić information content (AvgIpc) is 2.41. The third-order valence-electron chi connectivity index (χ3n) is 2.79. The number of rotatable bonds is 3. The monoisotopic (exact) mass is 258 g/mol. The molecule has 0 spiro atoms. The highest BCUT2D eigenvalue weighted by Gasteiger charge is 2.15. The van der Waals surface area contributed by atoms with E-state index >= 15 is 0 Å². The first-order valence-corrected chi connectivity index (χ1v) is 5.73. The second-order valence-electron chi connectivity index (χ2n) is 4.08. The van der Waals surface area contributed by atoms with Crippen LogP contribution in [-0.2, 0) is 11.3 Å². The first-order valence-electron chi connectivity index (χ1n) is 5.73. The number of hydrogen-bond acceptors (Lipinski definition) is 4. The van der Waals surface area contributed by atoms with Crippen LogP contribution in [0.4, 0.5) is 5.69 Å². The van der Waals surface area contributed by atoms with Crippen LogP contribution in [0.15, 0.2) is 47.5 Å². The number of nitrogens with zero attached hydrogens (tertiary/aromatic N) is 1. The fourth-order valence-corrected chi connectivity index (χ4v) is 1.85. The molecular weight excluding hydrogens is 244 g/mol. The van der Waals surface area contributed by atoms with Crippen LogP contribution in [0.3, 0.4) is 0 Å². The van der Waals surface area contributed by atoms with Gasteiger partial charge in [0.1, 0.15) is 0 Å². The normalized spacial score (nSPS) is 10.2. The summed E-state index contributed by atoms with van der Waals surface area (Å²) in [5, 5.41) is 0. The van der Waals surface area contributed by atoms with Crippen LogP contribution in [0, 0.1) is 0 Å². The summed E-state index contributed by atoms with van der Waals surface area (Å²) >= 11 is 0. The molecule has 1 aromatic heterocycles. The van der Waals surface area contributed by atoms with E-state index in [2.05, 4.69) is 0 Å². The maximum Gasteiger partial charge on any atom is 0.340 e. The standard InChI is InChI=1S/C14H14N2O3/c1-19-14(18)13-10(3-2-4-12(13)15)9-16-7-5-11(17)6-8-16/h2-8H,9,15H2,1H3. The Morgan fingerprint density at radius 1 is 1.26 bits per heavy atom. The summed E-state index contributed by atoms with van der Waals surface area (Å²) < 4.78 is 6.53. The van der Waals surface area contributed by atoms with Gasteiger partial charge in [-0.15, -0.1) is 0 Å². The van der Waals surface area contributed by atoms with Gasteiger partial charge in [-0.25, -0.2) is 4.79 Å². The van der Waals surface area contributed by atoms with Crippen LogP contribution in [0.25, 0.3) is 0 Å². The molecule has 5 heteroatoms. The summed E-state index contributed by atoms with van der Waals surface area (Å²) in [7, 11) is 1.32. The first-order chi connectivity index (χ1) is 9.11. The summed E-state index contributed by atoms with van der Waals surface area (Å²) in [5.74, 6) is -0.464. The second-order valence-corrected chi connectivity index (χ2v) is 4.08. The number of nitrogens with two attached hydrogens (primary N) is 1. The summed E-state index contributed by atoms with van der Waals surface area (Å²) in [6.45, 7) is 0.440. The van der Waals surface area contributed by atoms with Gasteiger partial charge in [-0.3, -0.25) is 4.79 Å². The minimum Gasteiger partial charge on any atom is -0.465 e. The van der Waals surface area contributed by atoms with E-state index in [1.165, 1.54) is 19.2 Å². The maximum absolute atomic E-state index is 11.7. The van der Waals surface area contributed by atoms with E-state index < -0.39 is 5.97 Å². The van der Waals surface area contributed by atoms with E-state index in [4.69, 9.17) is 10.5 Å². The number of pyridine rings is 1. The molecule has 0 radical (unpaired) electrons. The highest BCUT2D eigenvalue weighted by atomic mass is 16.5. The van der Waals surface area contributed by atoms with Gasteiger partial charge >= 0.3 is 5.97 Å². The zero-order valence-electron chi connectivity index (χ0n) is 10.5. The predicted octanol–water partition coefficient (Wildman–Crippen LogP) is 1.27. The van der Waals surface area contributed by atoms with Crippen LogP contribution in [0.5, 0.6) is 0 Å². The molecule has 0 saturated heterocycles. The fourth-order valence-electron chi connectivity index (χ4n) is 1.85. The largest absolute Gasteiger partial charge is 0.465 e. The highest BCUT2D eigenvalue weighted by molar-refractivity contribution is 5.96. The molecule has 1 aromatic carbocycles. The molecule has 0 fully saturated rings. The Balaban J connectivity index is 2.39. The molecule has 1 heterocycles. The van der Waals surface area contributed by atoms with Crippen LogP contribution >= 0.6 is 0 Å². The Bertz CT molecular complexity index is 641. The molecule has 0 bridgehead atoms. The van der Waals surface area contributed by atoms with E-state index in [1.807, 2.05) is 0 Å². The van der Waals surface area contributed by atoms with Gasteiger partial charge in [0.25, 0.3) is 0 Å². The van der Waals surface area contributed by atoms with Gasteiger partial charge in [0.2, 0.25) is 0 Å². The van der Waals surface area contributed by atoms with Crippen molar-refractivity contribution in [1.82, 2.24) is 4.57 Å².